The Bertz CT molecular complexity index is 435. The largest absolute Gasteiger partial charge is 0.352 e. The second kappa shape index (κ2) is 8.16. The van der Waals surface area contributed by atoms with Gasteiger partial charge < -0.3 is 5.32 Å². The standard InChI is InChI=1S/C18H26FNO/c1-2-3-4-14-5-9-16(10-6-14)18(21)20-13-15-7-11-17(19)12-8-15/h7-8,11-12,14,16H,2-6,9-10,13H2,1H3,(H,20,21). The van der Waals surface area contributed by atoms with Crippen LogP contribution in [0.1, 0.15) is 57.4 Å². The SMILES string of the molecule is CCCCC1CCC(C(=O)NCc2ccc(F)cc2)CC1. The Kier molecular flexibility index (Phi) is 6.21. The molecule has 21 heavy (non-hydrogen) atoms. The van der Waals surface area contributed by atoms with E-state index in [9.17, 15) is 9.18 Å². The number of nitrogens with one attached hydrogen (secondary N) is 1. The Balaban J connectivity index is 1.71. The summed E-state index contributed by atoms with van der Waals surface area (Å²) in [5.74, 6) is 0.915. The molecule has 0 bridgehead atoms. The van der Waals surface area contributed by atoms with Crippen molar-refractivity contribution in [3.05, 3.63) is 35.6 Å². The van der Waals surface area contributed by atoms with Crippen LogP contribution in [0.2, 0.25) is 0 Å². The molecule has 1 N–H and O–H groups in total. The van der Waals surface area contributed by atoms with Gasteiger partial charge >= 0.3 is 0 Å². The number of halogens is 1. The molecular formula is C18H26FNO. The lowest BCUT2D eigenvalue weighted by Crippen LogP contribution is -2.32. The lowest BCUT2D eigenvalue weighted by atomic mass is 9.79. The zero-order valence-corrected chi connectivity index (χ0v) is 12.9. The first-order valence-corrected chi connectivity index (χ1v) is 8.21. The van der Waals surface area contributed by atoms with E-state index in [1.165, 1.54) is 44.2 Å². The molecule has 1 aliphatic carbocycles. The van der Waals surface area contributed by atoms with Gasteiger partial charge in [0.05, 0.1) is 0 Å². The number of carbonyl (C=O) groups is 1. The summed E-state index contributed by atoms with van der Waals surface area (Å²) in [6.45, 7) is 2.73. The van der Waals surface area contributed by atoms with Crippen molar-refractivity contribution in [1.29, 1.82) is 0 Å². The van der Waals surface area contributed by atoms with E-state index in [4.69, 9.17) is 0 Å². The van der Waals surface area contributed by atoms with Crippen molar-refractivity contribution < 1.29 is 9.18 Å². The summed E-state index contributed by atoms with van der Waals surface area (Å²) >= 11 is 0. The van der Waals surface area contributed by atoms with Gasteiger partial charge in [-0.05, 0) is 49.3 Å². The van der Waals surface area contributed by atoms with Crippen molar-refractivity contribution in [2.24, 2.45) is 11.8 Å². The maximum absolute atomic E-state index is 12.8. The number of hydrogen-bond acceptors (Lipinski definition) is 1. The first-order valence-electron chi connectivity index (χ1n) is 8.21. The Morgan fingerprint density at radius 2 is 1.86 bits per heavy atom. The maximum Gasteiger partial charge on any atom is 0.223 e. The third-order valence-electron chi connectivity index (χ3n) is 4.56. The minimum Gasteiger partial charge on any atom is -0.352 e. The van der Waals surface area contributed by atoms with Gasteiger partial charge in [-0.2, -0.15) is 0 Å². The average molecular weight is 291 g/mol. The molecule has 116 valence electrons. The lowest BCUT2D eigenvalue weighted by molar-refractivity contribution is -0.126. The van der Waals surface area contributed by atoms with Crippen LogP contribution in [0.15, 0.2) is 24.3 Å². The predicted octanol–water partition coefficient (Wildman–Crippen LogP) is 4.44. The van der Waals surface area contributed by atoms with Crippen LogP contribution < -0.4 is 5.32 Å². The average Bonchev–Trinajstić information content (AvgIpc) is 2.52. The van der Waals surface area contributed by atoms with E-state index in [-0.39, 0.29) is 17.6 Å². The van der Waals surface area contributed by atoms with Crippen molar-refractivity contribution in [2.45, 2.75) is 58.4 Å². The van der Waals surface area contributed by atoms with Crippen molar-refractivity contribution >= 4 is 5.91 Å². The Morgan fingerprint density at radius 3 is 2.48 bits per heavy atom. The molecule has 1 aliphatic rings. The van der Waals surface area contributed by atoms with Crippen LogP contribution in [0.25, 0.3) is 0 Å². The molecule has 0 saturated heterocycles. The number of unbranched alkanes of at least 4 members (excludes halogenated alkanes) is 1. The highest BCUT2D eigenvalue weighted by Crippen LogP contribution is 2.31. The fraction of sp³-hybridized carbons (Fsp3) is 0.611. The molecule has 1 aromatic carbocycles. The molecule has 1 fully saturated rings. The van der Waals surface area contributed by atoms with E-state index < -0.39 is 0 Å². The first kappa shape index (κ1) is 16.0. The topological polar surface area (TPSA) is 29.1 Å². The molecule has 0 heterocycles. The Morgan fingerprint density at radius 1 is 1.19 bits per heavy atom. The predicted molar refractivity (Wildman–Crippen MR) is 83.2 cm³/mol. The summed E-state index contributed by atoms with van der Waals surface area (Å²) in [5.41, 5.74) is 0.946. The minimum atomic E-state index is -0.240. The van der Waals surface area contributed by atoms with Gasteiger partial charge in [0, 0.05) is 12.5 Å². The summed E-state index contributed by atoms with van der Waals surface area (Å²) < 4.78 is 12.8. The molecule has 1 aromatic rings. The van der Waals surface area contributed by atoms with Gasteiger partial charge in [-0.1, -0.05) is 38.3 Å². The molecule has 1 saturated carbocycles. The van der Waals surface area contributed by atoms with Crippen LogP contribution in [0.3, 0.4) is 0 Å². The molecule has 0 spiro atoms. The van der Waals surface area contributed by atoms with E-state index in [0.29, 0.717) is 6.54 Å². The molecule has 2 rings (SSSR count). The quantitative estimate of drug-likeness (QED) is 0.825. The normalized spacial score (nSPS) is 22.0. The first-order chi connectivity index (χ1) is 10.2. The molecule has 3 heteroatoms. The van der Waals surface area contributed by atoms with Crippen molar-refractivity contribution in [3.8, 4) is 0 Å². The summed E-state index contributed by atoms with van der Waals surface area (Å²) in [7, 11) is 0. The fourth-order valence-electron chi connectivity index (χ4n) is 3.14. The van der Waals surface area contributed by atoms with E-state index in [1.807, 2.05) is 0 Å². The summed E-state index contributed by atoms with van der Waals surface area (Å²) in [6.07, 6.45) is 8.31. The summed E-state index contributed by atoms with van der Waals surface area (Å²) in [4.78, 5) is 12.2. The van der Waals surface area contributed by atoms with Crippen LogP contribution in [-0.4, -0.2) is 5.91 Å². The van der Waals surface area contributed by atoms with Crippen LogP contribution in [0.5, 0.6) is 0 Å². The third-order valence-corrected chi connectivity index (χ3v) is 4.56. The minimum absolute atomic E-state index is 0.160. The molecule has 1 amide bonds. The zero-order chi connectivity index (χ0) is 15.1. The molecule has 0 aromatic heterocycles. The van der Waals surface area contributed by atoms with Crippen LogP contribution in [0, 0.1) is 17.7 Å². The molecule has 0 radical (unpaired) electrons. The number of carbonyl (C=O) groups excluding carboxylic acids is 1. The van der Waals surface area contributed by atoms with Gasteiger partial charge in [-0.15, -0.1) is 0 Å². The van der Waals surface area contributed by atoms with Crippen LogP contribution >= 0.6 is 0 Å². The van der Waals surface area contributed by atoms with Gasteiger partial charge in [0.25, 0.3) is 0 Å². The molecule has 0 aliphatic heterocycles. The van der Waals surface area contributed by atoms with E-state index in [2.05, 4.69) is 12.2 Å². The Labute approximate surface area is 127 Å². The van der Waals surface area contributed by atoms with Gasteiger partial charge in [-0.3, -0.25) is 4.79 Å². The third kappa shape index (κ3) is 5.14. The van der Waals surface area contributed by atoms with Crippen molar-refractivity contribution in [1.82, 2.24) is 5.32 Å². The number of rotatable bonds is 6. The smallest absolute Gasteiger partial charge is 0.223 e. The van der Waals surface area contributed by atoms with Crippen LogP contribution in [0.4, 0.5) is 4.39 Å². The van der Waals surface area contributed by atoms with Gasteiger partial charge in [-0.25, -0.2) is 4.39 Å². The highest BCUT2D eigenvalue weighted by molar-refractivity contribution is 5.78. The van der Waals surface area contributed by atoms with Gasteiger partial charge in [0.2, 0.25) is 5.91 Å². The second-order valence-corrected chi connectivity index (χ2v) is 6.20. The van der Waals surface area contributed by atoms with Crippen molar-refractivity contribution in [3.63, 3.8) is 0 Å². The Hall–Kier alpha value is -1.38. The summed E-state index contributed by atoms with van der Waals surface area (Å²) in [5, 5.41) is 2.98. The van der Waals surface area contributed by atoms with E-state index >= 15 is 0 Å². The molecular weight excluding hydrogens is 265 g/mol. The van der Waals surface area contributed by atoms with Gasteiger partial charge in [0.15, 0.2) is 0 Å². The maximum atomic E-state index is 12.8. The molecule has 0 unspecified atom stereocenters. The number of hydrogen-bond donors (Lipinski definition) is 1. The number of benzene rings is 1. The fourth-order valence-corrected chi connectivity index (χ4v) is 3.14. The van der Waals surface area contributed by atoms with E-state index in [1.54, 1.807) is 12.1 Å². The summed E-state index contributed by atoms with van der Waals surface area (Å²) in [6, 6.07) is 6.30. The van der Waals surface area contributed by atoms with E-state index in [0.717, 1.165) is 24.3 Å². The lowest BCUT2D eigenvalue weighted by Gasteiger charge is -2.27. The highest BCUT2D eigenvalue weighted by Gasteiger charge is 2.25. The monoisotopic (exact) mass is 291 g/mol. The van der Waals surface area contributed by atoms with Gasteiger partial charge in [0.1, 0.15) is 5.82 Å². The zero-order valence-electron chi connectivity index (χ0n) is 12.9. The second-order valence-electron chi connectivity index (χ2n) is 6.20. The number of amides is 1. The van der Waals surface area contributed by atoms with Crippen molar-refractivity contribution in [2.75, 3.05) is 0 Å². The van der Waals surface area contributed by atoms with Crippen LogP contribution in [-0.2, 0) is 11.3 Å². The molecule has 0 atom stereocenters. The molecule has 2 nitrogen and oxygen atoms in total. The highest BCUT2D eigenvalue weighted by atomic mass is 19.1.